The maximum Gasteiger partial charge on any atom is 0.187 e. The molecule has 0 saturated heterocycles. The molecule has 0 fully saturated rings. The lowest BCUT2D eigenvalue weighted by Gasteiger charge is -2.24. The number of fused-ring (bicyclic) bond motifs is 4. The second-order valence-corrected chi connectivity index (χ2v) is 5.52. The number of hydrogen-bond donors (Lipinski definition) is 0. The molecule has 2 aliphatic rings. The zero-order chi connectivity index (χ0) is 14.4. The smallest absolute Gasteiger partial charge is 0.187 e. The first kappa shape index (κ1) is 12.2. The van der Waals surface area contributed by atoms with Crippen LogP contribution >= 0.6 is 0 Å². The molecule has 1 heterocycles. The largest absolute Gasteiger partial charge is 0.488 e. The van der Waals surface area contributed by atoms with Gasteiger partial charge in [-0.15, -0.1) is 0 Å². The SMILES string of the molecule is [C-]#[N+]c1ccc2c(c1)COc1cc3c(cc1-2)CCCC3=O. The summed E-state index contributed by atoms with van der Waals surface area (Å²) in [6, 6.07) is 9.71. The minimum Gasteiger partial charge on any atom is -0.488 e. The first-order valence-corrected chi connectivity index (χ1v) is 7.10. The lowest BCUT2D eigenvalue weighted by atomic mass is 9.86. The van der Waals surface area contributed by atoms with Gasteiger partial charge < -0.3 is 4.74 Å². The predicted octanol–water partition coefficient (Wildman–Crippen LogP) is 4.32. The summed E-state index contributed by atoms with van der Waals surface area (Å²) in [6.07, 6.45) is 2.51. The standard InChI is InChI=1S/C18H13NO2/c1-19-13-5-6-14-12(7-13)10-21-18-9-15-11(8-16(14)18)3-2-4-17(15)20/h5-9H,2-4,10H2. The quantitative estimate of drug-likeness (QED) is 0.670. The van der Waals surface area contributed by atoms with Gasteiger partial charge in [0.1, 0.15) is 12.4 Å². The van der Waals surface area contributed by atoms with Gasteiger partial charge in [0.2, 0.25) is 0 Å². The number of ether oxygens (including phenoxy) is 1. The predicted molar refractivity (Wildman–Crippen MR) is 79.7 cm³/mol. The molecule has 0 unspecified atom stereocenters. The van der Waals surface area contributed by atoms with Gasteiger partial charge in [0.15, 0.2) is 11.5 Å². The van der Waals surface area contributed by atoms with Crippen LogP contribution < -0.4 is 4.74 Å². The molecule has 3 heteroatoms. The fraction of sp³-hybridized carbons (Fsp3) is 0.222. The molecule has 4 rings (SSSR count). The number of nitrogens with zero attached hydrogens (tertiary/aromatic N) is 1. The molecule has 0 saturated carbocycles. The molecule has 2 aromatic rings. The van der Waals surface area contributed by atoms with Crippen molar-refractivity contribution in [2.24, 2.45) is 0 Å². The van der Waals surface area contributed by atoms with E-state index in [2.05, 4.69) is 10.9 Å². The summed E-state index contributed by atoms with van der Waals surface area (Å²) in [4.78, 5) is 15.5. The van der Waals surface area contributed by atoms with E-state index < -0.39 is 0 Å². The van der Waals surface area contributed by atoms with Crippen LogP contribution in [0.15, 0.2) is 30.3 Å². The summed E-state index contributed by atoms with van der Waals surface area (Å²) >= 11 is 0. The molecule has 102 valence electrons. The van der Waals surface area contributed by atoms with Crippen LogP contribution in [0, 0.1) is 6.57 Å². The van der Waals surface area contributed by atoms with E-state index in [1.165, 1.54) is 0 Å². The van der Waals surface area contributed by atoms with Crippen molar-refractivity contribution in [3.8, 4) is 16.9 Å². The van der Waals surface area contributed by atoms with E-state index in [1.807, 2.05) is 24.3 Å². The van der Waals surface area contributed by atoms with Gasteiger partial charge >= 0.3 is 0 Å². The van der Waals surface area contributed by atoms with Crippen molar-refractivity contribution in [1.29, 1.82) is 0 Å². The third-order valence-corrected chi connectivity index (χ3v) is 4.25. The number of rotatable bonds is 0. The average Bonchev–Trinajstić information content (AvgIpc) is 2.53. The molecule has 0 bridgehead atoms. The Kier molecular flexibility index (Phi) is 2.58. The molecule has 0 aromatic heterocycles. The second kappa shape index (κ2) is 4.46. The highest BCUT2D eigenvalue weighted by molar-refractivity contribution is 6.00. The third kappa shape index (κ3) is 1.84. The summed E-state index contributed by atoms with van der Waals surface area (Å²) in [5, 5.41) is 0. The Bertz CT molecular complexity index is 815. The van der Waals surface area contributed by atoms with Crippen LogP contribution in [0.4, 0.5) is 5.69 Å². The van der Waals surface area contributed by atoms with Gasteiger partial charge in [-0.2, -0.15) is 0 Å². The van der Waals surface area contributed by atoms with Gasteiger partial charge in [-0.3, -0.25) is 4.79 Å². The van der Waals surface area contributed by atoms with Crippen LogP contribution in [0.2, 0.25) is 0 Å². The molecule has 1 aliphatic heterocycles. The molecular weight excluding hydrogens is 262 g/mol. The number of carbonyl (C=O) groups excluding carboxylic acids is 1. The Morgan fingerprint density at radius 2 is 1.90 bits per heavy atom. The highest BCUT2D eigenvalue weighted by Gasteiger charge is 2.24. The van der Waals surface area contributed by atoms with E-state index in [-0.39, 0.29) is 5.78 Å². The minimum absolute atomic E-state index is 0.219. The normalized spacial score (nSPS) is 15.3. The van der Waals surface area contributed by atoms with Crippen molar-refractivity contribution >= 4 is 11.5 Å². The van der Waals surface area contributed by atoms with Gasteiger partial charge in [-0.1, -0.05) is 12.1 Å². The van der Waals surface area contributed by atoms with Crippen LogP contribution in [0.3, 0.4) is 0 Å². The van der Waals surface area contributed by atoms with E-state index >= 15 is 0 Å². The minimum atomic E-state index is 0.219. The number of aryl methyl sites for hydroxylation is 1. The number of ketones is 1. The Morgan fingerprint density at radius 1 is 1.00 bits per heavy atom. The number of Topliss-reactive ketones (excluding diaryl/α,β-unsaturated/α-hetero) is 1. The summed E-state index contributed by atoms with van der Waals surface area (Å²) in [6.45, 7) is 7.56. The topological polar surface area (TPSA) is 30.7 Å². The lowest BCUT2D eigenvalue weighted by molar-refractivity contribution is 0.0972. The van der Waals surface area contributed by atoms with Crippen LogP contribution in [-0.2, 0) is 13.0 Å². The maximum absolute atomic E-state index is 12.0. The van der Waals surface area contributed by atoms with Crippen LogP contribution in [0.5, 0.6) is 5.75 Å². The van der Waals surface area contributed by atoms with Crippen molar-refractivity contribution < 1.29 is 9.53 Å². The summed E-state index contributed by atoms with van der Waals surface area (Å²) in [5.41, 5.74) is 5.77. The zero-order valence-electron chi connectivity index (χ0n) is 11.5. The van der Waals surface area contributed by atoms with Crippen LogP contribution in [0.25, 0.3) is 16.0 Å². The zero-order valence-corrected chi connectivity index (χ0v) is 11.5. The molecular formula is C18H13NO2. The molecule has 2 aromatic carbocycles. The molecule has 0 atom stereocenters. The fourth-order valence-corrected chi connectivity index (χ4v) is 3.18. The van der Waals surface area contributed by atoms with Crippen LogP contribution in [0.1, 0.15) is 34.3 Å². The monoisotopic (exact) mass is 275 g/mol. The van der Waals surface area contributed by atoms with Crippen molar-refractivity contribution in [1.82, 2.24) is 0 Å². The molecule has 1 aliphatic carbocycles. The molecule has 0 spiro atoms. The van der Waals surface area contributed by atoms with Gasteiger partial charge in [-0.25, -0.2) is 4.85 Å². The van der Waals surface area contributed by atoms with Gasteiger partial charge in [0, 0.05) is 17.5 Å². The van der Waals surface area contributed by atoms with Crippen LogP contribution in [-0.4, -0.2) is 5.78 Å². The Balaban J connectivity index is 1.91. The Morgan fingerprint density at radius 3 is 2.76 bits per heavy atom. The molecule has 0 amide bonds. The maximum atomic E-state index is 12.0. The summed E-state index contributed by atoms with van der Waals surface area (Å²) in [5.74, 6) is 1.00. The van der Waals surface area contributed by atoms with E-state index in [1.54, 1.807) is 0 Å². The van der Waals surface area contributed by atoms with E-state index in [4.69, 9.17) is 11.3 Å². The fourth-order valence-electron chi connectivity index (χ4n) is 3.18. The second-order valence-electron chi connectivity index (χ2n) is 5.52. The van der Waals surface area contributed by atoms with E-state index in [0.29, 0.717) is 18.7 Å². The number of hydrogen-bond acceptors (Lipinski definition) is 2. The Labute approximate surface area is 123 Å². The summed E-state index contributed by atoms with van der Waals surface area (Å²) in [7, 11) is 0. The van der Waals surface area contributed by atoms with Gasteiger partial charge in [0.05, 0.1) is 6.57 Å². The third-order valence-electron chi connectivity index (χ3n) is 4.25. The van der Waals surface area contributed by atoms with Crippen molar-refractivity contribution in [2.45, 2.75) is 25.9 Å². The molecule has 21 heavy (non-hydrogen) atoms. The lowest BCUT2D eigenvalue weighted by Crippen LogP contribution is -2.13. The van der Waals surface area contributed by atoms with Crippen molar-refractivity contribution in [2.75, 3.05) is 0 Å². The average molecular weight is 275 g/mol. The first-order chi connectivity index (χ1) is 10.3. The first-order valence-electron chi connectivity index (χ1n) is 7.10. The van der Waals surface area contributed by atoms with Crippen molar-refractivity contribution in [3.63, 3.8) is 0 Å². The summed E-state index contributed by atoms with van der Waals surface area (Å²) < 4.78 is 5.81. The molecule has 0 radical (unpaired) electrons. The van der Waals surface area contributed by atoms with E-state index in [9.17, 15) is 4.79 Å². The number of carbonyl (C=O) groups is 1. The molecule has 3 nitrogen and oxygen atoms in total. The highest BCUT2D eigenvalue weighted by Crippen LogP contribution is 2.41. The molecule has 0 N–H and O–H groups in total. The van der Waals surface area contributed by atoms with Crippen molar-refractivity contribution in [3.05, 3.63) is 58.4 Å². The number of benzene rings is 2. The van der Waals surface area contributed by atoms with E-state index in [0.717, 1.165) is 46.4 Å². The Hall–Kier alpha value is -2.60. The van der Waals surface area contributed by atoms with Gasteiger partial charge in [0.25, 0.3) is 0 Å². The highest BCUT2D eigenvalue weighted by atomic mass is 16.5. The van der Waals surface area contributed by atoms with Gasteiger partial charge in [-0.05, 0) is 47.7 Å².